The van der Waals surface area contributed by atoms with Gasteiger partial charge in [-0.25, -0.2) is 8.42 Å². The van der Waals surface area contributed by atoms with Gasteiger partial charge in [-0.2, -0.15) is 4.31 Å². The Morgan fingerprint density at radius 3 is 2.46 bits per heavy atom. The van der Waals surface area contributed by atoms with Crippen LogP contribution in [0.5, 0.6) is 0 Å². The minimum absolute atomic E-state index is 0.187. The van der Waals surface area contributed by atoms with Crippen LogP contribution in [0.25, 0.3) is 0 Å². The van der Waals surface area contributed by atoms with Gasteiger partial charge in [-0.1, -0.05) is 24.6 Å². The smallest absolute Gasteiger partial charge is 0.306 e. The summed E-state index contributed by atoms with van der Waals surface area (Å²) < 4.78 is 27.2. The molecule has 142 valence electrons. The SMILES string of the molecule is O=C(N[C@@H]1CC[C@H](C(=O)O)C1)C1CCCCN1S(=O)(=O)c1ccccc1. The number of rotatable bonds is 5. The van der Waals surface area contributed by atoms with Crippen LogP contribution in [0.2, 0.25) is 0 Å². The summed E-state index contributed by atoms with van der Waals surface area (Å²) in [5, 5.41) is 12.0. The number of carboxylic acid groups (broad SMARTS) is 1. The number of carboxylic acids is 1. The van der Waals surface area contributed by atoms with Crippen LogP contribution >= 0.6 is 0 Å². The third-order valence-corrected chi connectivity index (χ3v) is 7.16. The highest BCUT2D eigenvalue weighted by molar-refractivity contribution is 7.89. The molecule has 1 aromatic rings. The summed E-state index contributed by atoms with van der Waals surface area (Å²) in [6.45, 7) is 0.317. The van der Waals surface area contributed by atoms with Crippen LogP contribution in [-0.2, 0) is 19.6 Å². The number of hydrogen-bond donors (Lipinski definition) is 2. The van der Waals surface area contributed by atoms with Crippen molar-refractivity contribution in [1.82, 2.24) is 9.62 Å². The zero-order valence-electron chi connectivity index (χ0n) is 14.5. The van der Waals surface area contributed by atoms with Gasteiger partial charge in [0.2, 0.25) is 15.9 Å². The molecule has 1 saturated heterocycles. The van der Waals surface area contributed by atoms with Gasteiger partial charge in [0.15, 0.2) is 0 Å². The molecule has 0 bridgehead atoms. The molecule has 1 unspecified atom stereocenters. The second-order valence-corrected chi connectivity index (χ2v) is 8.88. The average molecular weight is 380 g/mol. The summed E-state index contributed by atoms with van der Waals surface area (Å²) in [4.78, 5) is 24.0. The molecule has 2 N–H and O–H groups in total. The van der Waals surface area contributed by atoms with Gasteiger partial charge in [0, 0.05) is 12.6 Å². The summed E-state index contributed by atoms with van der Waals surface area (Å²) in [5.41, 5.74) is 0. The Hall–Kier alpha value is -1.93. The van der Waals surface area contributed by atoms with E-state index in [1.54, 1.807) is 18.2 Å². The molecule has 1 saturated carbocycles. The van der Waals surface area contributed by atoms with Crippen molar-refractivity contribution < 1.29 is 23.1 Å². The topological polar surface area (TPSA) is 104 Å². The van der Waals surface area contributed by atoms with Crippen LogP contribution in [0, 0.1) is 5.92 Å². The van der Waals surface area contributed by atoms with E-state index in [4.69, 9.17) is 5.11 Å². The Labute approximate surface area is 153 Å². The highest BCUT2D eigenvalue weighted by atomic mass is 32.2. The first-order valence-corrected chi connectivity index (χ1v) is 10.4. The number of piperidine rings is 1. The second kappa shape index (κ2) is 7.75. The van der Waals surface area contributed by atoms with Crippen LogP contribution in [-0.4, -0.2) is 48.3 Å². The Balaban J connectivity index is 1.73. The van der Waals surface area contributed by atoms with Crippen LogP contribution in [0.1, 0.15) is 38.5 Å². The van der Waals surface area contributed by atoms with E-state index in [1.807, 2.05) is 0 Å². The zero-order valence-corrected chi connectivity index (χ0v) is 15.3. The lowest BCUT2D eigenvalue weighted by molar-refractivity contribution is -0.141. The Morgan fingerprint density at radius 2 is 1.81 bits per heavy atom. The molecule has 2 fully saturated rings. The molecule has 8 heteroatoms. The molecule has 0 radical (unpaired) electrons. The summed E-state index contributed by atoms with van der Waals surface area (Å²) in [6.07, 6.45) is 3.55. The predicted molar refractivity (Wildman–Crippen MR) is 94.9 cm³/mol. The maximum Gasteiger partial charge on any atom is 0.306 e. The maximum atomic E-state index is 12.9. The minimum atomic E-state index is -3.74. The molecule has 1 aromatic carbocycles. The lowest BCUT2D eigenvalue weighted by Crippen LogP contribution is -2.53. The van der Waals surface area contributed by atoms with E-state index in [9.17, 15) is 18.0 Å². The molecular weight excluding hydrogens is 356 g/mol. The number of aliphatic carboxylic acids is 1. The lowest BCUT2D eigenvalue weighted by atomic mass is 10.0. The number of carbonyl (C=O) groups excluding carboxylic acids is 1. The Bertz CT molecular complexity index is 765. The van der Waals surface area contributed by atoms with Crippen molar-refractivity contribution in [3.8, 4) is 0 Å². The fourth-order valence-corrected chi connectivity index (χ4v) is 5.49. The van der Waals surface area contributed by atoms with Crippen LogP contribution in [0.4, 0.5) is 0 Å². The standard InChI is InChI=1S/C18H24N2O5S/c21-17(19-14-10-9-13(12-14)18(22)23)16-8-4-5-11-20(16)26(24,25)15-6-2-1-3-7-15/h1-3,6-7,13-14,16H,4-5,8-12H2,(H,19,21)(H,22,23)/t13-,14+,16?/m0/s1. The first-order valence-electron chi connectivity index (χ1n) is 8.99. The molecule has 2 aliphatic rings. The molecular formula is C18H24N2O5S. The fraction of sp³-hybridized carbons (Fsp3) is 0.556. The quantitative estimate of drug-likeness (QED) is 0.807. The molecule has 26 heavy (non-hydrogen) atoms. The van der Waals surface area contributed by atoms with Crippen molar-refractivity contribution >= 4 is 21.9 Å². The van der Waals surface area contributed by atoms with Gasteiger partial charge in [0.05, 0.1) is 10.8 Å². The molecule has 0 aromatic heterocycles. The monoisotopic (exact) mass is 380 g/mol. The minimum Gasteiger partial charge on any atom is -0.481 e. The highest BCUT2D eigenvalue weighted by Gasteiger charge is 2.39. The van der Waals surface area contributed by atoms with E-state index >= 15 is 0 Å². The normalized spacial score (nSPS) is 27.2. The molecule has 1 aliphatic heterocycles. The molecule has 7 nitrogen and oxygen atoms in total. The van der Waals surface area contributed by atoms with Crippen LogP contribution < -0.4 is 5.32 Å². The second-order valence-electron chi connectivity index (χ2n) is 6.99. The molecule has 3 atom stereocenters. The number of nitrogens with one attached hydrogen (secondary N) is 1. The largest absolute Gasteiger partial charge is 0.481 e. The summed E-state index contributed by atoms with van der Waals surface area (Å²) in [5.74, 6) is -1.59. The molecule has 1 aliphatic carbocycles. The van der Waals surface area contributed by atoms with Gasteiger partial charge in [-0.05, 0) is 44.2 Å². The van der Waals surface area contributed by atoms with Crippen molar-refractivity contribution in [2.24, 2.45) is 5.92 Å². The highest BCUT2D eigenvalue weighted by Crippen LogP contribution is 2.28. The molecule has 3 rings (SSSR count). The van der Waals surface area contributed by atoms with Gasteiger partial charge in [-0.3, -0.25) is 9.59 Å². The van der Waals surface area contributed by atoms with E-state index in [0.717, 1.165) is 12.8 Å². The third kappa shape index (κ3) is 3.91. The summed E-state index contributed by atoms with van der Waals surface area (Å²) >= 11 is 0. The van der Waals surface area contributed by atoms with E-state index in [2.05, 4.69) is 5.32 Å². The van der Waals surface area contributed by atoms with E-state index in [-0.39, 0.29) is 16.8 Å². The number of carbonyl (C=O) groups is 2. The molecule has 1 heterocycles. The number of benzene rings is 1. The van der Waals surface area contributed by atoms with Crippen molar-refractivity contribution in [2.75, 3.05) is 6.54 Å². The number of amides is 1. The maximum absolute atomic E-state index is 12.9. The first-order chi connectivity index (χ1) is 12.4. The van der Waals surface area contributed by atoms with Crippen molar-refractivity contribution in [3.63, 3.8) is 0 Å². The van der Waals surface area contributed by atoms with Gasteiger partial charge in [0.25, 0.3) is 0 Å². The van der Waals surface area contributed by atoms with Gasteiger partial charge in [-0.15, -0.1) is 0 Å². The van der Waals surface area contributed by atoms with Gasteiger partial charge in [0.1, 0.15) is 6.04 Å². The Morgan fingerprint density at radius 1 is 1.08 bits per heavy atom. The van der Waals surface area contributed by atoms with Crippen molar-refractivity contribution in [3.05, 3.63) is 30.3 Å². The molecule has 1 amide bonds. The van der Waals surface area contributed by atoms with Gasteiger partial charge >= 0.3 is 5.97 Å². The Kier molecular flexibility index (Phi) is 5.62. The average Bonchev–Trinajstić information content (AvgIpc) is 3.11. The van der Waals surface area contributed by atoms with Gasteiger partial charge < -0.3 is 10.4 Å². The summed E-state index contributed by atoms with van der Waals surface area (Å²) in [6, 6.07) is 7.20. The van der Waals surface area contributed by atoms with Crippen LogP contribution in [0.3, 0.4) is 0 Å². The summed E-state index contributed by atoms with van der Waals surface area (Å²) in [7, 11) is -3.74. The van der Waals surface area contributed by atoms with Crippen LogP contribution in [0.15, 0.2) is 35.2 Å². The zero-order chi connectivity index (χ0) is 18.7. The number of hydrogen-bond acceptors (Lipinski definition) is 4. The number of nitrogens with zero attached hydrogens (tertiary/aromatic N) is 1. The number of sulfonamides is 1. The van der Waals surface area contributed by atoms with E-state index < -0.39 is 28.0 Å². The van der Waals surface area contributed by atoms with E-state index in [1.165, 1.54) is 16.4 Å². The lowest BCUT2D eigenvalue weighted by Gasteiger charge is -2.34. The van der Waals surface area contributed by atoms with Crippen molar-refractivity contribution in [1.29, 1.82) is 0 Å². The predicted octanol–water partition coefficient (Wildman–Crippen LogP) is 1.60. The molecule has 0 spiro atoms. The first kappa shape index (κ1) is 18.8. The fourth-order valence-electron chi connectivity index (χ4n) is 3.82. The third-order valence-electron chi connectivity index (χ3n) is 5.23. The van der Waals surface area contributed by atoms with Crippen molar-refractivity contribution in [2.45, 2.75) is 55.5 Å². The van der Waals surface area contributed by atoms with E-state index in [0.29, 0.717) is 32.2 Å².